The van der Waals surface area contributed by atoms with E-state index in [1.54, 1.807) is 0 Å². The van der Waals surface area contributed by atoms with E-state index in [1.807, 2.05) is 32.0 Å². The van der Waals surface area contributed by atoms with E-state index in [0.29, 0.717) is 0 Å². The number of anilines is 4. The first-order chi connectivity index (χ1) is 16.8. The van der Waals surface area contributed by atoms with Gasteiger partial charge in [0.2, 0.25) is 0 Å². The Hall–Kier alpha value is -3.60. The predicted octanol–water partition coefficient (Wildman–Crippen LogP) is 7.52. The largest absolute Gasteiger partial charge is 0.355 e. The van der Waals surface area contributed by atoms with Crippen LogP contribution in [0, 0.1) is 0 Å². The van der Waals surface area contributed by atoms with Crippen LogP contribution in [0.15, 0.2) is 84.9 Å². The maximum absolute atomic E-state index is 6.43. The summed E-state index contributed by atoms with van der Waals surface area (Å²) in [7, 11) is 0. The van der Waals surface area contributed by atoms with Gasteiger partial charge in [-0.05, 0) is 83.6 Å². The minimum atomic E-state index is -0.143. The molecule has 5 rings (SSSR count). The molecule has 1 aliphatic rings. The molecule has 0 heterocycles. The van der Waals surface area contributed by atoms with Gasteiger partial charge in [0, 0.05) is 40.2 Å². The number of benzene rings is 4. The van der Waals surface area contributed by atoms with Gasteiger partial charge in [0.1, 0.15) is 0 Å². The van der Waals surface area contributed by atoms with Crippen LogP contribution >= 0.6 is 0 Å². The van der Waals surface area contributed by atoms with Gasteiger partial charge in [-0.25, -0.2) is 0 Å². The van der Waals surface area contributed by atoms with Crippen LogP contribution in [0.3, 0.4) is 0 Å². The van der Waals surface area contributed by atoms with Crippen molar-refractivity contribution in [3.05, 3.63) is 107 Å². The molecule has 0 saturated carbocycles. The van der Waals surface area contributed by atoms with Crippen molar-refractivity contribution in [2.24, 2.45) is 11.5 Å². The Morgan fingerprint density at radius 1 is 0.600 bits per heavy atom. The van der Waals surface area contributed by atoms with E-state index in [0.717, 1.165) is 33.9 Å². The highest BCUT2D eigenvalue weighted by molar-refractivity contribution is 5.83. The number of nitrogens with two attached hydrogens (primary N) is 2. The Morgan fingerprint density at radius 2 is 1.17 bits per heavy atom. The molecule has 0 aliphatic heterocycles. The van der Waals surface area contributed by atoms with Crippen LogP contribution in [0.5, 0.6) is 0 Å². The quantitative estimate of drug-likeness (QED) is 0.239. The van der Waals surface area contributed by atoms with E-state index in [-0.39, 0.29) is 17.5 Å². The molecule has 0 bridgehead atoms. The van der Waals surface area contributed by atoms with Crippen LogP contribution in [0.4, 0.5) is 22.7 Å². The molecule has 178 valence electrons. The highest BCUT2D eigenvalue weighted by Gasteiger charge is 2.35. The molecule has 2 unspecified atom stereocenters. The third-order valence-corrected chi connectivity index (χ3v) is 7.12. The number of rotatable bonds is 6. The summed E-state index contributed by atoms with van der Waals surface area (Å²) in [6, 6.07) is 29.5. The summed E-state index contributed by atoms with van der Waals surface area (Å²) >= 11 is 0. The molecule has 4 aromatic rings. The third-order valence-electron chi connectivity index (χ3n) is 7.12. The van der Waals surface area contributed by atoms with Crippen LogP contribution < -0.4 is 22.1 Å². The maximum Gasteiger partial charge on any atom is 0.0453 e. The topological polar surface area (TPSA) is 76.1 Å². The summed E-state index contributed by atoms with van der Waals surface area (Å²) in [6.45, 7) is 8.62. The van der Waals surface area contributed by atoms with Crippen molar-refractivity contribution in [2.45, 2.75) is 45.2 Å². The summed E-state index contributed by atoms with van der Waals surface area (Å²) in [4.78, 5) is 0. The maximum atomic E-state index is 6.43. The average Bonchev–Trinajstić information content (AvgIpc) is 3.06. The van der Waals surface area contributed by atoms with Gasteiger partial charge in [-0.15, -0.1) is 0 Å². The van der Waals surface area contributed by atoms with Crippen LogP contribution in [0.2, 0.25) is 0 Å². The molecule has 35 heavy (non-hydrogen) atoms. The molecule has 0 spiro atoms. The van der Waals surface area contributed by atoms with Crippen LogP contribution in [-0.4, -0.2) is 0 Å². The van der Waals surface area contributed by atoms with Gasteiger partial charge >= 0.3 is 0 Å². The van der Waals surface area contributed by atoms with Crippen molar-refractivity contribution in [3.63, 3.8) is 0 Å². The number of nitrogens with one attached hydrogen (secondary N) is 2. The standard InChI is InChI=1S/C31H34N4/c1-19(32)25-17-26(20(2)33)30(18-29(25)34-21-10-6-5-7-11-21)35-22-14-15-24-23-12-8-9-13-27(23)31(3,4)28(24)16-22/h5-20,34-35H,32-33H2,1-4H3. The number of para-hydroxylation sites is 1. The van der Waals surface area contributed by atoms with E-state index >= 15 is 0 Å². The minimum Gasteiger partial charge on any atom is -0.355 e. The van der Waals surface area contributed by atoms with Crippen molar-refractivity contribution in [1.29, 1.82) is 0 Å². The first-order valence-electron chi connectivity index (χ1n) is 12.3. The summed E-state index contributed by atoms with van der Waals surface area (Å²) in [6.07, 6.45) is 0. The highest BCUT2D eigenvalue weighted by atomic mass is 14.9. The minimum absolute atomic E-state index is 0.0491. The number of hydrogen-bond donors (Lipinski definition) is 4. The summed E-state index contributed by atoms with van der Waals surface area (Å²) < 4.78 is 0. The molecule has 6 N–H and O–H groups in total. The molecule has 4 aromatic carbocycles. The lowest BCUT2D eigenvalue weighted by Crippen LogP contribution is -2.15. The van der Waals surface area contributed by atoms with Gasteiger partial charge in [-0.1, -0.05) is 62.4 Å². The highest BCUT2D eigenvalue weighted by Crippen LogP contribution is 2.49. The zero-order valence-corrected chi connectivity index (χ0v) is 20.9. The lowest BCUT2D eigenvalue weighted by molar-refractivity contribution is 0.660. The fourth-order valence-electron chi connectivity index (χ4n) is 5.22. The Balaban J connectivity index is 1.56. The van der Waals surface area contributed by atoms with Crippen molar-refractivity contribution in [3.8, 4) is 11.1 Å². The zero-order valence-electron chi connectivity index (χ0n) is 20.9. The molecule has 4 nitrogen and oxygen atoms in total. The SMILES string of the molecule is CC(N)c1cc(C(C)N)c(Nc2ccc3c(c2)C(C)(C)c2ccccc2-3)cc1Nc1ccccc1. The fourth-order valence-corrected chi connectivity index (χ4v) is 5.22. The molecule has 1 aliphatic carbocycles. The molecule has 0 aromatic heterocycles. The first-order valence-corrected chi connectivity index (χ1v) is 12.3. The Bertz CT molecular complexity index is 1370. The second-order valence-electron chi connectivity index (χ2n) is 10.2. The van der Waals surface area contributed by atoms with Crippen molar-refractivity contribution >= 4 is 22.7 Å². The smallest absolute Gasteiger partial charge is 0.0453 e. The molecular weight excluding hydrogens is 428 g/mol. The molecule has 0 amide bonds. The van der Waals surface area contributed by atoms with Crippen LogP contribution in [0.25, 0.3) is 11.1 Å². The van der Waals surface area contributed by atoms with Crippen molar-refractivity contribution in [2.75, 3.05) is 10.6 Å². The summed E-state index contributed by atoms with van der Waals surface area (Å²) in [5.74, 6) is 0. The lowest BCUT2D eigenvalue weighted by atomic mass is 9.82. The van der Waals surface area contributed by atoms with E-state index in [1.165, 1.54) is 22.3 Å². The average molecular weight is 463 g/mol. The van der Waals surface area contributed by atoms with Gasteiger partial charge in [0.15, 0.2) is 0 Å². The predicted molar refractivity (Wildman–Crippen MR) is 149 cm³/mol. The van der Waals surface area contributed by atoms with Crippen LogP contribution in [-0.2, 0) is 5.41 Å². The van der Waals surface area contributed by atoms with Gasteiger partial charge in [-0.2, -0.15) is 0 Å². The molecule has 2 atom stereocenters. The molecule has 0 radical (unpaired) electrons. The molecule has 0 fully saturated rings. The monoisotopic (exact) mass is 462 g/mol. The second kappa shape index (κ2) is 8.88. The summed E-state index contributed by atoms with van der Waals surface area (Å²) in [5.41, 5.74) is 24.2. The fraction of sp³-hybridized carbons (Fsp3) is 0.226. The van der Waals surface area contributed by atoms with E-state index < -0.39 is 0 Å². The van der Waals surface area contributed by atoms with Gasteiger partial charge < -0.3 is 22.1 Å². The first kappa shape index (κ1) is 23.2. The van der Waals surface area contributed by atoms with Gasteiger partial charge in [-0.3, -0.25) is 0 Å². The zero-order chi connectivity index (χ0) is 24.7. The summed E-state index contributed by atoms with van der Waals surface area (Å²) in [5, 5.41) is 7.23. The number of hydrogen-bond acceptors (Lipinski definition) is 4. The lowest BCUT2D eigenvalue weighted by Gasteiger charge is -2.24. The van der Waals surface area contributed by atoms with E-state index in [4.69, 9.17) is 11.5 Å². The third kappa shape index (κ3) is 4.20. The van der Waals surface area contributed by atoms with Crippen molar-refractivity contribution in [1.82, 2.24) is 0 Å². The van der Waals surface area contributed by atoms with Crippen LogP contribution in [0.1, 0.15) is 62.0 Å². The Kier molecular flexibility index (Phi) is 5.87. The van der Waals surface area contributed by atoms with Gasteiger partial charge in [0.05, 0.1) is 0 Å². The molecule has 4 heteroatoms. The second-order valence-corrected chi connectivity index (χ2v) is 10.2. The Labute approximate surface area is 208 Å². The van der Waals surface area contributed by atoms with E-state index in [9.17, 15) is 0 Å². The number of fused-ring (bicyclic) bond motifs is 3. The van der Waals surface area contributed by atoms with E-state index in [2.05, 4.69) is 91.2 Å². The molecular formula is C31H34N4. The molecule has 0 saturated heterocycles. The normalized spacial score (nSPS) is 15.1. The van der Waals surface area contributed by atoms with Crippen molar-refractivity contribution < 1.29 is 0 Å². The Morgan fingerprint density at radius 3 is 1.83 bits per heavy atom. The van der Waals surface area contributed by atoms with Gasteiger partial charge in [0.25, 0.3) is 0 Å².